The van der Waals surface area contributed by atoms with Crippen LogP contribution in [-0.2, 0) is 11.4 Å². The van der Waals surface area contributed by atoms with E-state index in [-0.39, 0.29) is 23.6 Å². The quantitative estimate of drug-likeness (QED) is 0.592. The number of halogens is 1. The second kappa shape index (κ2) is 5.69. The highest BCUT2D eigenvalue weighted by atomic mass is 19.1. The first-order valence-electron chi connectivity index (χ1n) is 6.85. The first-order chi connectivity index (χ1) is 11.0. The summed E-state index contributed by atoms with van der Waals surface area (Å²) in [5.41, 5.74) is 9.91. The van der Waals surface area contributed by atoms with Crippen molar-refractivity contribution in [2.75, 3.05) is 12.8 Å². The Hall–Kier alpha value is -2.93. The number of hydrogen-bond donors (Lipinski definition) is 3. The number of hydroxylamine groups is 1. The van der Waals surface area contributed by atoms with Gasteiger partial charge in [0.15, 0.2) is 0 Å². The molecule has 3 rings (SSSR count). The summed E-state index contributed by atoms with van der Waals surface area (Å²) in [6.07, 6.45) is 0. The van der Waals surface area contributed by atoms with Gasteiger partial charge in [-0.05, 0) is 35.4 Å². The molecule has 6 nitrogen and oxygen atoms in total. The number of nitrogens with one attached hydrogen (secondary N) is 2. The Morgan fingerprint density at radius 2 is 2.04 bits per heavy atom. The first-order valence-corrected chi connectivity index (χ1v) is 6.85. The molecule has 2 aromatic rings. The molecule has 0 saturated heterocycles. The van der Waals surface area contributed by atoms with Crippen LogP contribution in [0.1, 0.15) is 26.3 Å². The van der Waals surface area contributed by atoms with E-state index < -0.39 is 11.7 Å². The van der Waals surface area contributed by atoms with Crippen molar-refractivity contribution in [1.29, 1.82) is 0 Å². The predicted octanol–water partition coefficient (Wildman–Crippen LogP) is 1.61. The molecule has 0 unspecified atom stereocenters. The second-order valence-electron chi connectivity index (χ2n) is 5.07. The Morgan fingerprint density at radius 1 is 1.30 bits per heavy atom. The van der Waals surface area contributed by atoms with E-state index in [0.717, 1.165) is 0 Å². The lowest BCUT2D eigenvalue weighted by atomic mass is 9.92. The number of carbonyl (C=O) groups is 2. The molecule has 0 atom stereocenters. The van der Waals surface area contributed by atoms with Crippen LogP contribution in [-0.4, -0.2) is 18.9 Å². The predicted molar refractivity (Wildman–Crippen MR) is 81.9 cm³/mol. The number of hydrogen-bond acceptors (Lipinski definition) is 4. The van der Waals surface area contributed by atoms with Gasteiger partial charge in [-0.25, -0.2) is 9.87 Å². The van der Waals surface area contributed by atoms with Crippen molar-refractivity contribution in [2.24, 2.45) is 0 Å². The van der Waals surface area contributed by atoms with E-state index in [1.54, 1.807) is 18.2 Å². The number of benzene rings is 2. The molecule has 2 amide bonds. The summed E-state index contributed by atoms with van der Waals surface area (Å²) in [4.78, 5) is 28.7. The Balaban J connectivity index is 2.18. The highest BCUT2D eigenvalue weighted by Crippen LogP contribution is 2.33. The van der Waals surface area contributed by atoms with Gasteiger partial charge in [0.25, 0.3) is 11.8 Å². The van der Waals surface area contributed by atoms with E-state index in [4.69, 9.17) is 5.73 Å². The molecule has 118 valence electrons. The number of amides is 2. The molecule has 0 fully saturated rings. The summed E-state index contributed by atoms with van der Waals surface area (Å²) in [5, 5.41) is 2.66. The minimum atomic E-state index is -0.537. The van der Waals surface area contributed by atoms with Gasteiger partial charge in [0, 0.05) is 17.8 Å². The molecular weight excluding hydrogens is 301 g/mol. The fraction of sp³-hybridized carbons (Fsp3) is 0.125. The maximum absolute atomic E-state index is 14.2. The molecular formula is C16H14FN3O3. The molecule has 0 spiro atoms. The number of nitrogens with two attached hydrogens (primary N) is 1. The molecule has 2 aromatic carbocycles. The third-order valence-corrected chi connectivity index (χ3v) is 3.69. The summed E-state index contributed by atoms with van der Waals surface area (Å²) in [7, 11) is 1.30. The van der Waals surface area contributed by atoms with Crippen LogP contribution in [0.5, 0.6) is 0 Å². The molecule has 1 heterocycles. The highest BCUT2D eigenvalue weighted by molar-refractivity contribution is 6.10. The second-order valence-corrected chi connectivity index (χ2v) is 5.07. The van der Waals surface area contributed by atoms with Gasteiger partial charge in [0.2, 0.25) is 0 Å². The Labute approximate surface area is 131 Å². The number of anilines is 1. The third kappa shape index (κ3) is 2.51. The zero-order chi connectivity index (χ0) is 16.6. The molecule has 0 radical (unpaired) electrons. The van der Waals surface area contributed by atoms with E-state index in [2.05, 4.69) is 15.6 Å². The monoisotopic (exact) mass is 315 g/mol. The minimum absolute atomic E-state index is 0.177. The lowest BCUT2D eigenvalue weighted by molar-refractivity contribution is 0.0535. The highest BCUT2D eigenvalue weighted by Gasteiger charge is 2.29. The standard InChI is InChI=1S/C16H14FN3O3/c1-23-20-15(21)11-5-4-9(12-7-19-16(22)14(11)12)10-3-2-8(18)6-13(10)17/h2-6H,7,18H2,1H3,(H,19,22)(H,20,21). The van der Waals surface area contributed by atoms with Crippen LogP contribution in [0, 0.1) is 5.82 Å². The molecule has 4 N–H and O–H groups in total. The van der Waals surface area contributed by atoms with Gasteiger partial charge in [0.1, 0.15) is 5.82 Å². The van der Waals surface area contributed by atoms with Crippen molar-refractivity contribution in [2.45, 2.75) is 6.54 Å². The van der Waals surface area contributed by atoms with E-state index in [0.29, 0.717) is 22.4 Å². The van der Waals surface area contributed by atoms with E-state index in [9.17, 15) is 14.0 Å². The van der Waals surface area contributed by atoms with Crippen LogP contribution in [0.15, 0.2) is 30.3 Å². The molecule has 1 aliphatic rings. The fourth-order valence-electron chi connectivity index (χ4n) is 2.69. The summed E-state index contributed by atoms with van der Waals surface area (Å²) in [6.45, 7) is 0.224. The van der Waals surface area contributed by atoms with Gasteiger partial charge < -0.3 is 11.1 Å². The van der Waals surface area contributed by atoms with Crippen molar-refractivity contribution in [3.8, 4) is 11.1 Å². The Bertz CT molecular complexity index is 820. The van der Waals surface area contributed by atoms with E-state index in [1.165, 1.54) is 19.2 Å². The van der Waals surface area contributed by atoms with Gasteiger partial charge in [-0.2, -0.15) is 0 Å². The number of carbonyl (C=O) groups excluding carboxylic acids is 2. The summed E-state index contributed by atoms with van der Waals surface area (Å²) in [5.74, 6) is -1.40. The lowest BCUT2D eigenvalue weighted by Crippen LogP contribution is -2.25. The average molecular weight is 315 g/mol. The fourth-order valence-corrected chi connectivity index (χ4v) is 2.69. The van der Waals surface area contributed by atoms with Gasteiger partial charge in [-0.3, -0.25) is 14.4 Å². The van der Waals surface area contributed by atoms with Gasteiger partial charge in [-0.1, -0.05) is 6.07 Å². The van der Waals surface area contributed by atoms with Crippen LogP contribution < -0.4 is 16.5 Å². The maximum atomic E-state index is 14.2. The SMILES string of the molecule is CONC(=O)c1ccc(-c2ccc(N)cc2F)c2c1C(=O)NC2. The zero-order valence-electron chi connectivity index (χ0n) is 12.3. The third-order valence-electron chi connectivity index (χ3n) is 3.69. The van der Waals surface area contributed by atoms with E-state index in [1.807, 2.05) is 0 Å². The number of fused-ring (bicyclic) bond motifs is 1. The van der Waals surface area contributed by atoms with E-state index >= 15 is 0 Å². The maximum Gasteiger partial charge on any atom is 0.275 e. The topological polar surface area (TPSA) is 93.4 Å². The van der Waals surface area contributed by atoms with Crippen LogP contribution in [0.4, 0.5) is 10.1 Å². The first kappa shape index (κ1) is 15.0. The van der Waals surface area contributed by atoms with Crippen molar-refractivity contribution in [3.63, 3.8) is 0 Å². The number of nitrogen functional groups attached to an aromatic ring is 1. The summed E-state index contributed by atoms with van der Waals surface area (Å²) in [6, 6.07) is 7.44. The van der Waals surface area contributed by atoms with Crippen LogP contribution in [0.3, 0.4) is 0 Å². The van der Waals surface area contributed by atoms with Gasteiger partial charge >= 0.3 is 0 Å². The van der Waals surface area contributed by atoms with Crippen molar-refractivity contribution in [1.82, 2.24) is 10.8 Å². The van der Waals surface area contributed by atoms with Crippen LogP contribution in [0.2, 0.25) is 0 Å². The molecule has 0 aliphatic carbocycles. The molecule has 7 heteroatoms. The largest absolute Gasteiger partial charge is 0.399 e. The molecule has 0 saturated carbocycles. The number of rotatable bonds is 3. The molecule has 23 heavy (non-hydrogen) atoms. The normalized spacial score (nSPS) is 12.7. The van der Waals surface area contributed by atoms with Crippen LogP contribution >= 0.6 is 0 Å². The summed E-state index contributed by atoms with van der Waals surface area (Å²) >= 11 is 0. The molecule has 0 aromatic heterocycles. The van der Waals surface area contributed by atoms with Crippen LogP contribution in [0.25, 0.3) is 11.1 Å². The zero-order valence-corrected chi connectivity index (χ0v) is 12.3. The Kier molecular flexibility index (Phi) is 3.71. The minimum Gasteiger partial charge on any atom is -0.399 e. The lowest BCUT2D eigenvalue weighted by Gasteiger charge is -2.12. The molecule has 0 bridgehead atoms. The van der Waals surface area contributed by atoms with Gasteiger partial charge in [-0.15, -0.1) is 0 Å². The smallest absolute Gasteiger partial charge is 0.275 e. The average Bonchev–Trinajstić information content (AvgIpc) is 2.90. The van der Waals surface area contributed by atoms with Crippen molar-refractivity contribution < 1.29 is 18.8 Å². The van der Waals surface area contributed by atoms with Crippen molar-refractivity contribution >= 4 is 17.5 Å². The van der Waals surface area contributed by atoms with Crippen molar-refractivity contribution in [3.05, 3.63) is 52.8 Å². The summed E-state index contributed by atoms with van der Waals surface area (Å²) < 4.78 is 14.2. The Morgan fingerprint density at radius 3 is 2.74 bits per heavy atom. The molecule has 1 aliphatic heterocycles. The van der Waals surface area contributed by atoms with Gasteiger partial charge in [0.05, 0.1) is 18.2 Å².